The van der Waals surface area contributed by atoms with Gasteiger partial charge in [0.25, 0.3) is 5.91 Å². The van der Waals surface area contributed by atoms with Crippen LogP contribution in [0.15, 0.2) is 78.9 Å². The number of aryl methyl sites for hydroxylation is 1. The molecule has 4 aromatic rings. The Kier molecular flexibility index (Phi) is 5.14. The molecule has 1 N–H and O–H groups in total. The number of benzene rings is 3. The van der Waals surface area contributed by atoms with Crippen molar-refractivity contribution in [2.45, 2.75) is 19.1 Å². The first-order valence-electron chi connectivity index (χ1n) is 10.0. The van der Waals surface area contributed by atoms with Gasteiger partial charge < -0.3 is 14.6 Å². The SMILES string of the molecule is CCn1c(C(O)(c2ccccc2)c2ccccc2)nc2ccc(C(=O)N(C)C)cc21. The summed E-state index contributed by atoms with van der Waals surface area (Å²) in [6.45, 7) is 2.62. The Bertz CT molecular complexity index is 1140. The fraction of sp³-hybridized carbons (Fsp3) is 0.200. The van der Waals surface area contributed by atoms with Crippen molar-refractivity contribution in [3.63, 3.8) is 0 Å². The lowest BCUT2D eigenvalue weighted by molar-refractivity contribution is 0.0827. The van der Waals surface area contributed by atoms with E-state index in [0.29, 0.717) is 17.9 Å². The number of hydrogen-bond acceptors (Lipinski definition) is 3. The number of amides is 1. The zero-order chi connectivity index (χ0) is 21.3. The van der Waals surface area contributed by atoms with Crippen LogP contribution in [0, 0.1) is 0 Å². The molecule has 4 rings (SSSR count). The number of aromatic nitrogens is 2. The summed E-state index contributed by atoms with van der Waals surface area (Å²) in [5, 5.41) is 12.1. The van der Waals surface area contributed by atoms with Crippen molar-refractivity contribution >= 4 is 16.9 Å². The maximum absolute atomic E-state index is 12.5. The van der Waals surface area contributed by atoms with Gasteiger partial charge in [0, 0.05) is 26.2 Å². The van der Waals surface area contributed by atoms with E-state index >= 15 is 0 Å². The molecule has 1 aromatic heterocycles. The first-order chi connectivity index (χ1) is 14.5. The third kappa shape index (κ3) is 3.17. The molecular weight excluding hydrogens is 374 g/mol. The number of carbonyl (C=O) groups is 1. The molecule has 0 radical (unpaired) electrons. The molecule has 1 heterocycles. The van der Waals surface area contributed by atoms with Crippen LogP contribution in [0.5, 0.6) is 0 Å². The minimum atomic E-state index is -1.43. The smallest absolute Gasteiger partial charge is 0.253 e. The maximum Gasteiger partial charge on any atom is 0.253 e. The molecule has 0 saturated carbocycles. The van der Waals surface area contributed by atoms with Crippen LogP contribution in [0.25, 0.3) is 11.0 Å². The van der Waals surface area contributed by atoms with E-state index in [4.69, 9.17) is 4.98 Å². The van der Waals surface area contributed by atoms with Crippen molar-refractivity contribution in [3.05, 3.63) is 101 Å². The van der Waals surface area contributed by atoms with Crippen molar-refractivity contribution in [3.8, 4) is 0 Å². The van der Waals surface area contributed by atoms with E-state index in [1.54, 1.807) is 25.1 Å². The summed E-state index contributed by atoms with van der Waals surface area (Å²) in [6, 6.07) is 24.6. The summed E-state index contributed by atoms with van der Waals surface area (Å²) < 4.78 is 1.99. The Hall–Kier alpha value is -3.44. The van der Waals surface area contributed by atoms with Crippen molar-refractivity contribution in [1.82, 2.24) is 14.5 Å². The van der Waals surface area contributed by atoms with E-state index in [-0.39, 0.29) is 5.91 Å². The summed E-state index contributed by atoms with van der Waals surface area (Å²) in [6.07, 6.45) is 0. The van der Waals surface area contributed by atoms with Crippen molar-refractivity contribution in [1.29, 1.82) is 0 Å². The summed E-state index contributed by atoms with van der Waals surface area (Å²) in [5.41, 5.74) is 2.22. The van der Waals surface area contributed by atoms with Gasteiger partial charge in [0.2, 0.25) is 0 Å². The molecule has 152 valence electrons. The molecule has 1 amide bonds. The van der Waals surface area contributed by atoms with Gasteiger partial charge in [-0.25, -0.2) is 4.98 Å². The molecule has 5 heteroatoms. The molecule has 0 aliphatic rings. The largest absolute Gasteiger partial charge is 0.373 e. The molecule has 0 bridgehead atoms. The minimum absolute atomic E-state index is 0.0660. The number of hydrogen-bond donors (Lipinski definition) is 1. The molecule has 5 nitrogen and oxygen atoms in total. The van der Waals surface area contributed by atoms with E-state index in [9.17, 15) is 9.90 Å². The molecule has 0 aliphatic heterocycles. The van der Waals surface area contributed by atoms with Gasteiger partial charge in [-0.3, -0.25) is 4.79 Å². The Morgan fingerprint density at radius 1 is 0.967 bits per heavy atom. The van der Waals surface area contributed by atoms with Crippen molar-refractivity contribution < 1.29 is 9.90 Å². The molecule has 0 saturated heterocycles. The predicted octanol–water partition coefficient (Wildman–Crippen LogP) is 4.04. The molecule has 0 unspecified atom stereocenters. The third-order valence-electron chi connectivity index (χ3n) is 5.42. The van der Waals surface area contributed by atoms with E-state index in [1.807, 2.05) is 84.3 Å². The van der Waals surface area contributed by atoms with Gasteiger partial charge >= 0.3 is 0 Å². The standard InChI is InChI=1S/C25H25N3O2/c1-4-28-22-17-18(23(29)27(2)3)15-16-21(22)26-24(28)25(30,19-11-7-5-8-12-19)20-13-9-6-10-14-20/h5-17,30H,4H2,1-3H3. The van der Waals surface area contributed by atoms with Crippen LogP contribution >= 0.6 is 0 Å². The molecular formula is C25H25N3O2. The van der Waals surface area contributed by atoms with Crippen molar-refractivity contribution in [2.24, 2.45) is 0 Å². The second-order valence-corrected chi connectivity index (χ2v) is 7.53. The lowest BCUT2D eigenvalue weighted by atomic mass is 9.85. The van der Waals surface area contributed by atoms with Gasteiger partial charge in [0.05, 0.1) is 11.0 Å². The van der Waals surface area contributed by atoms with Crippen LogP contribution in [0.2, 0.25) is 0 Å². The summed E-state index contributed by atoms with van der Waals surface area (Å²) in [7, 11) is 3.47. The van der Waals surface area contributed by atoms with Crippen LogP contribution in [0.4, 0.5) is 0 Å². The minimum Gasteiger partial charge on any atom is -0.373 e. The van der Waals surface area contributed by atoms with Crippen molar-refractivity contribution in [2.75, 3.05) is 14.1 Å². The number of carbonyl (C=O) groups excluding carboxylic acids is 1. The zero-order valence-electron chi connectivity index (χ0n) is 17.4. The predicted molar refractivity (Wildman–Crippen MR) is 118 cm³/mol. The summed E-state index contributed by atoms with van der Waals surface area (Å²) >= 11 is 0. The van der Waals surface area contributed by atoms with Crippen LogP contribution in [-0.4, -0.2) is 39.6 Å². The van der Waals surface area contributed by atoms with E-state index < -0.39 is 5.60 Å². The van der Waals surface area contributed by atoms with Crippen LogP contribution in [-0.2, 0) is 12.1 Å². The first kappa shape index (κ1) is 19.9. The highest BCUT2D eigenvalue weighted by Gasteiger charge is 2.38. The number of nitrogens with zero attached hydrogens (tertiary/aromatic N) is 3. The summed E-state index contributed by atoms with van der Waals surface area (Å²) in [5.74, 6) is 0.468. The average Bonchev–Trinajstić information content (AvgIpc) is 3.17. The normalized spacial score (nSPS) is 11.6. The highest BCUT2D eigenvalue weighted by Crippen LogP contribution is 2.37. The zero-order valence-corrected chi connectivity index (χ0v) is 17.4. The lowest BCUT2D eigenvalue weighted by Crippen LogP contribution is -2.32. The average molecular weight is 399 g/mol. The molecule has 0 atom stereocenters. The highest BCUT2D eigenvalue weighted by atomic mass is 16.3. The molecule has 3 aromatic carbocycles. The fourth-order valence-corrected chi connectivity index (χ4v) is 3.89. The first-order valence-corrected chi connectivity index (χ1v) is 10.0. The van der Waals surface area contributed by atoms with Gasteiger partial charge in [-0.05, 0) is 36.2 Å². The fourth-order valence-electron chi connectivity index (χ4n) is 3.89. The van der Waals surface area contributed by atoms with E-state index in [0.717, 1.165) is 22.2 Å². The van der Waals surface area contributed by atoms with E-state index in [1.165, 1.54) is 0 Å². The van der Waals surface area contributed by atoms with Gasteiger partial charge in [-0.1, -0.05) is 60.7 Å². The second kappa shape index (κ2) is 7.76. The molecule has 30 heavy (non-hydrogen) atoms. The third-order valence-corrected chi connectivity index (χ3v) is 5.42. The number of rotatable bonds is 5. The van der Waals surface area contributed by atoms with E-state index in [2.05, 4.69) is 0 Å². The van der Waals surface area contributed by atoms with Crippen LogP contribution in [0.1, 0.15) is 34.2 Å². The second-order valence-electron chi connectivity index (χ2n) is 7.53. The van der Waals surface area contributed by atoms with Crippen LogP contribution < -0.4 is 0 Å². The lowest BCUT2D eigenvalue weighted by Gasteiger charge is -2.29. The molecule has 0 fully saturated rings. The van der Waals surface area contributed by atoms with Crippen LogP contribution in [0.3, 0.4) is 0 Å². The number of imidazole rings is 1. The Morgan fingerprint density at radius 3 is 2.03 bits per heavy atom. The monoisotopic (exact) mass is 399 g/mol. The van der Waals surface area contributed by atoms with Gasteiger partial charge in [0.15, 0.2) is 11.4 Å². The Morgan fingerprint density at radius 2 is 1.53 bits per heavy atom. The highest BCUT2D eigenvalue weighted by molar-refractivity contribution is 5.97. The maximum atomic E-state index is 12.5. The number of fused-ring (bicyclic) bond motifs is 1. The Labute approximate surface area is 176 Å². The quantitative estimate of drug-likeness (QED) is 0.551. The summed E-state index contributed by atoms with van der Waals surface area (Å²) in [4.78, 5) is 18.9. The Balaban J connectivity index is 2.00. The topological polar surface area (TPSA) is 58.4 Å². The van der Waals surface area contributed by atoms with Gasteiger partial charge in [-0.15, -0.1) is 0 Å². The molecule has 0 spiro atoms. The van der Waals surface area contributed by atoms with Gasteiger partial charge in [0.1, 0.15) is 0 Å². The molecule has 0 aliphatic carbocycles. The van der Waals surface area contributed by atoms with Gasteiger partial charge in [-0.2, -0.15) is 0 Å². The number of aliphatic hydroxyl groups is 1.